The van der Waals surface area contributed by atoms with Gasteiger partial charge in [-0.1, -0.05) is 0 Å². The van der Waals surface area contributed by atoms with Crippen LogP contribution in [0.4, 0.5) is 13.2 Å². The molecule has 118 valence electrons. The second kappa shape index (κ2) is 7.82. The Morgan fingerprint density at radius 2 is 2.10 bits per heavy atom. The van der Waals surface area contributed by atoms with Gasteiger partial charge in [-0.2, -0.15) is 13.2 Å². The molecule has 5 nitrogen and oxygen atoms in total. The molecule has 0 aliphatic heterocycles. The number of rotatable bonds is 7. The Morgan fingerprint density at radius 1 is 1.38 bits per heavy atom. The van der Waals surface area contributed by atoms with Gasteiger partial charge in [0.25, 0.3) is 5.91 Å². The van der Waals surface area contributed by atoms with E-state index in [0.717, 1.165) is 13.0 Å². The molecular weight excluding hydrogens is 287 g/mol. The van der Waals surface area contributed by atoms with Crippen LogP contribution in [0.5, 0.6) is 5.88 Å². The van der Waals surface area contributed by atoms with Crippen LogP contribution >= 0.6 is 0 Å². The molecule has 0 saturated carbocycles. The van der Waals surface area contributed by atoms with Gasteiger partial charge in [-0.25, -0.2) is 4.98 Å². The largest absolute Gasteiger partial charge is 0.468 e. The van der Waals surface area contributed by atoms with Crippen LogP contribution in [0.25, 0.3) is 0 Å². The first-order valence-corrected chi connectivity index (χ1v) is 6.36. The quantitative estimate of drug-likeness (QED) is 0.779. The number of amides is 1. The Kier molecular flexibility index (Phi) is 6.41. The molecule has 0 bridgehead atoms. The molecule has 1 aromatic heterocycles. The van der Waals surface area contributed by atoms with Gasteiger partial charge >= 0.3 is 6.18 Å². The molecule has 0 saturated heterocycles. The Bertz CT molecular complexity index is 447. The molecule has 0 unspecified atom stereocenters. The zero-order valence-corrected chi connectivity index (χ0v) is 11.9. The van der Waals surface area contributed by atoms with Crippen LogP contribution in [0.2, 0.25) is 0 Å². The number of carbonyl (C=O) groups excluding carboxylic acids is 1. The van der Waals surface area contributed by atoms with Crippen molar-refractivity contribution < 1.29 is 22.7 Å². The molecule has 0 fully saturated rings. The Labute approximate surface area is 121 Å². The normalized spacial score (nSPS) is 11.5. The summed E-state index contributed by atoms with van der Waals surface area (Å²) in [6, 6.07) is 2.61. The third-order valence-electron chi connectivity index (χ3n) is 2.45. The molecule has 0 aliphatic rings. The second-order valence-electron chi connectivity index (χ2n) is 4.70. The minimum Gasteiger partial charge on any atom is -0.468 e. The summed E-state index contributed by atoms with van der Waals surface area (Å²) in [5.41, 5.74) is 0.277. The van der Waals surface area contributed by atoms with E-state index in [0.29, 0.717) is 6.54 Å². The summed E-state index contributed by atoms with van der Waals surface area (Å²) in [4.78, 5) is 17.4. The maximum atomic E-state index is 12.0. The van der Waals surface area contributed by atoms with Crippen LogP contribution in [0.15, 0.2) is 18.3 Å². The van der Waals surface area contributed by atoms with E-state index < -0.39 is 12.8 Å². The number of nitrogens with one attached hydrogen (secondary N) is 1. The van der Waals surface area contributed by atoms with Gasteiger partial charge in [-0.3, -0.25) is 4.79 Å². The molecule has 8 heteroatoms. The molecule has 21 heavy (non-hydrogen) atoms. The monoisotopic (exact) mass is 305 g/mol. The van der Waals surface area contributed by atoms with Gasteiger partial charge in [-0.05, 0) is 33.1 Å². The molecule has 1 heterocycles. The lowest BCUT2D eigenvalue weighted by Crippen LogP contribution is -2.27. The van der Waals surface area contributed by atoms with E-state index in [-0.39, 0.29) is 17.4 Å². The van der Waals surface area contributed by atoms with Crippen molar-refractivity contribution in [3.63, 3.8) is 0 Å². The minimum atomic E-state index is -4.41. The number of ether oxygens (including phenoxy) is 1. The smallest absolute Gasteiger partial charge is 0.422 e. The number of carbonyl (C=O) groups is 1. The lowest BCUT2D eigenvalue weighted by Gasteiger charge is -2.10. The molecule has 0 aromatic carbocycles. The minimum absolute atomic E-state index is 0.170. The summed E-state index contributed by atoms with van der Waals surface area (Å²) >= 11 is 0. The van der Waals surface area contributed by atoms with E-state index in [1.165, 1.54) is 18.3 Å². The fourth-order valence-corrected chi connectivity index (χ4v) is 1.46. The van der Waals surface area contributed by atoms with Gasteiger partial charge in [0.15, 0.2) is 6.61 Å². The molecular formula is C13H18F3N3O2. The van der Waals surface area contributed by atoms with Crippen molar-refractivity contribution >= 4 is 5.91 Å². The molecule has 0 aliphatic carbocycles. The highest BCUT2D eigenvalue weighted by molar-refractivity contribution is 5.93. The zero-order valence-electron chi connectivity index (χ0n) is 11.9. The first-order chi connectivity index (χ1) is 9.78. The van der Waals surface area contributed by atoms with Gasteiger partial charge in [0.1, 0.15) is 0 Å². The number of hydrogen-bond donors (Lipinski definition) is 1. The average molecular weight is 305 g/mol. The fraction of sp³-hybridized carbons (Fsp3) is 0.538. The topological polar surface area (TPSA) is 54.5 Å². The predicted molar refractivity (Wildman–Crippen MR) is 71.3 cm³/mol. The Balaban J connectivity index is 2.40. The van der Waals surface area contributed by atoms with Crippen molar-refractivity contribution in [2.45, 2.75) is 12.6 Å². The van der Waals surface area contributed by atoms with Gasteiger partial charge in [0, 0.05) is 18.8 Å². The van der Waals surface area contributed by atoms with Gasteiger partial charge in [-0.15, -0.1) is 0 Å². The van der Waals surface area contributed by atoms with E-state index >= 15 is 0 Å². The summed E-state index contributed by atoms with van der Waals surface area (Å²) < 4.78 is 40.3. The highest BCUT2D eigenvalue weighted by Crippen LogP contribution is 2.16. The van der Waals surface area contributed by atoms with Crippen LogP contribution in [0.3, 0.4) is 0 Å². The van der Waals surface area contributed by atoms with E-state index in [9.17, 15) is 18.0 Å². The predicted octanol–water partition coefficient (Wildman–Crippen LogP) is 1.70. The zero-order chi connectivity index (χ0) is 15.9. The number of halogens is 3. The van der Waals surface area contributed by atoms with Gasteiger partial charge in [0.05, 0.1) is 5.56 Å². The lowest BCUT2D eigenvalue weighted by atomic mass is 10.2. The van der Waals surface area contributed by atoms with Crippen LogP contribution in [-0.4, -0.2) is 55.8 Å². The first kappa shape index (κ1) is 17.2. The number of hydrogen-bond acceptors (Lipinski definition) is 4. The van der Waals surface area contributed by atoms with Crippen LogP contribution in [0, 0.1) is 0 Å². The number of pyridine rings is 1. The average Bonchev–Trinajstić information content (AvgIpc) is 2.40. The lowest BCUT2D eigenvalue weighted by molar-refractivity contribution is -0.154. The molecule has 1 aromatic rings. The second-order valence-corrected chi connectivity index (χ2v) is 4.70. The van der Waals surface area contributed by atoms with E-state index in [1.807, 2.05) is 19.0 Å². The van der Waals surface area contributed by atoms with E-state index in [1.54, 1.807) is 0 Å². The number of aromatic nitrogens is 1. The van der Waals surface area contributed by atoms with Crippen LogP contribution < -0.4 is 10.1 Å². The van der Waals surface area contributed by atoms with Crippen LogP contribution in [0.1, 0.15) is 16.8 Å². The van der Waals surface area contributed by atoms with Gasteiger partial charge in [0.2, 0.25) is 5.88 Å². The van der Waals surface area contributed by atoms with Crippen molar-refractivity contribution in [2.24, 2.45) is 0 Å². The van der Waals surface area contributed by atoms with E-state index in [2.05, 4.69) is 15.0 Å². The highest BCUT2D eigenvalue weighted by Gasteiger charge is 2.28. The highest BCUT2D eigenvalue weighted by atomic mass is 19.4. The van der Waals surface area contributed by atoms with Crippen molar-refractivity contribution in [1.29, 1.82) is 0 Å². The number of alkyl halides is 3. The summed E-state index contributed by atoms with van der Waals surface area (Å²) in [6.07, 6.45) is -2.42. The molecule has 1 N–H and O–H groups in total. The number of nitrogens with zero attached hydrogens (tertiary/aromatic N) is 2. The molecule has 0 spiro atoms. The van der Waals surface area contributed by atoms with Crippen molar-refractivity contribution in [3.05, 3.63) is 23.9 Å². The van der Waals surface area contributed by atoms with E-state index in [4.69, 9.17) is 0 Å². The third kappa shape index (κ3) is 7.50. The van der Waals surface area contributed by atoms with Crippen molar-refractivity contribution in [3.8, 4) is 5.88 Å². The van der Waals surface area contributed by atoms with Crippen molar-refractivity contribution in [1.82, 2.24) is 15.2 Å². The molecule has 1 amide bonds. The molecule has 0 radical (unpaired) electrons. The van der Waals surface area contributed by atoms with Gasteiger partial charge < -0.3 is 15.0 Å². The first-order valence-electron chi connectivity index (χ1n) is 6.36. The summed E-state index contributed by atoms with van der Waals surface area (Å²) in [5, 5.41) is 2.70. The van der Waals surface area contributed by atoms with Crippen LogP contribution in [-0.2, 0) is 0 Å². The maximum Gasteiger partial charge on any atom is 0.422 e. The Morgan fingerprint density at radius 3 is 2.62 bits per heavy atom. The fourth-order valence-electron chi connectivity index (χ4n) is 1.46. The molecule has 0 atom stereocenters. The maximum absolute atomic E-state index is 12.0. The summed E-state index contributed by atoms with van der Waals surface area (Å²) in [6.45, 7) is -0.0395. The summed E-state index contributed by atoms with van der Waals surface area (Å²) in [5.74, 6) is -0.486. The van der Waals surface area contributed by atoms with Crippen molar-refractivity contribution in [2.75, 3.05) is 33.8 Å². The standard InChI is InChI=1S/C13H18F3N3O2/c1-19(2)7-3-6-17-12(20)10-4-5-11(18-8-10)21-9-13(14,15)16/h4-5,8H,3,6-7,9H2,1-2H3,(H,17,20). The Hall–Kier alpha value is -1.83. The summed E-state index contributed by atoms with van der Waals surface area (Å²) in [7, 11) is 3.87. The third-order valence-corrected chi connectivity index (χ3v) is 2.45. The molecule has 1 rings (SSSR count). The SMILES string of the molecule is CN(C)CCCNC(=O)c1ccc(OCC(F)(F)F)nc1.